The Labute approximate surface area is 116 Å². The number of aryl methyl sites for hydroxylation is 2. The molecule has 100 valence electrons. The monoisotopic (exact) mass is 276 g/mol. The summed E-state index contributed by atoms with van der Waals surface area (Å²) >= 11 is 1.77. The van der Waals surface area contributed by atoms with Crippen molar-refractivity contribution in [1.29, 1.82) is 0 Å². The zero-order valence-electron chi connectivity index (χ0n) is 11.2. The van der Waals surface area contributed by atoms with Gasteiger partial charge in [-0.2, -0.15) is 0 Å². The van der Waals surface area contributed by atoms with Gasteiger partial charge in [0.1, 0.15) is 5.82 Å². The molecule has 2 aromatic heterocycles. The summed E-state index contributed by atoms with van der Waals surface area (Å²) in [6.07, 6.45) is 1.60. The fourth-order valence-electron chi connectivity index (χ4n) is 1.69. The summed E-state index contributed by atoms with van der Waals surface area (Å²) in [7, 11) is 1.37. The molecule has 0 unspecified atom stereocenters. The number of hydrogen-bond acceptors (Lipinski definition) is 5. The Balaban J connectivity index is 2.05. The van der Waals surface area contributed by atoms with Crippen molar-refractivity contribution in [3.63, 3.8) is 0 Å². The van der Waals surface area contributed by atoms with E-state index in [1.54, 1.807) is 29.7 Å². The molecule has 0 aliphatic rings. The van der Waals surface area contributed by atoms with Crippen LogP contribution in [0.5, 0.6) is 0 Å². The van der Waals surface area contributed by atoms with Gasteiger partial charge in [0.15, 0.2) is 0 Å². The van der Waals surface area contributed by atoms with Crippen LogP contribution in [0.4, 0.5) is 5.82 Å². The van der Waals surface area contributed by atoms with E-state index in [1.165, 1.54) is 22.4 Å². The third-order valence-corrected chi connectivity index (χ3v) is 3.99. The molecule has 0 saturated carbocycles. The highest BCUT2D eigenvalue weighted by molar-refractivity contribution is 7.12. The maximum atomic E-state index is 11.4. The number of carbonyl (C=O) groups excluding carboxylic acids is 1. The normalized spacial score (nSPS) is 10.3. The zero-order valence-corrected chi connectivity index (χ0v) is 12.0. The van der Waals surface area contributed by atoms with Crippen LogP contribution in [0.15, 0.2) is 24.4 Å². The molecule has 0 fully saturated rings. The first kappa shape index (κ1) is 13.5. The Morgan fingerprint density at radius 2 is 2.21 bits per heavy atom. The van der Waals surface area contributed by atoms with Crippen LogP contribution < -0.4 is 5.32 Å². The maximum Gasteiger partial charge on any atom is 0.338 e. The third kappa shape index (κ3) is 3.32. The minimum atomic E-state index is -0.353. The van der Waals surface area contributed by atoms with Gasteiger partial charge >= 0.3 is 5.97 Å². The van der Waals surface area contributed by atoms with E-state index in [4.69, 9.17) is 0 Å². The highest BCUT2D eigenvalue weighted by Crippen LogP contribution is 2.21. The SMILES string of the molecule is COC(=O)c1ccnc(NCc2cc(C)c(C)s2)c1. The van der Waals surface area contributed by atoms with Gasteiger partial charge in [0.25, 0.3) is 0 Å². The van der Waals surface area contributed by atoms with Crippen molar-refractivity contribution in [3.05, 3.63) is 45.3 Å². The number of pyridine rings is 1. The minimum absolute atomic E-state index is 0.353. The maximum absolute atomic E-state index is 11.4. The van der Waals surface area contributed by atoms with Gasteiger partial charge in [-0.25, -0.2) is 9.78 Å². The summed E-state index contributed by atoms with van der Waals surface area (Å²) in [5.41, 5.74) is 1.80. The minimum Gasteiger partial charge on any atom is -0.465 e. The van der Waals surface area contributed by atoms with Gasteiger partial charge in [-0.1, -0.05) is 0 Å². The highest BCUT2D eigenvalue weighted by Gasteiger charge is 2.07. The third-order valence-electron chi connectivity index (χ3n) is 2.84. The molecule has 1 N–H and O–H groups in total. The first-order chi connectivity index (χ1) is 9.10. The van der Waals surface area contributed by atoms with E-state index in [0.29, 0.717) is 17.9 Å². The lowest BCUT2D eigenvalue weighted by Gasteiger charge is -2.05. The van der Waals surface area contributed by atoms with Gasteiger partial charge in [0, 0.05) is 16.0 Å². The largest absolute Gasteiger partial charge is 0.465 e. The number of methoxy groups -OCH3 is 1. The summed E-state index contributed by atoms with van der Waals surface area (Å²) in [4.78, 5) is 18.2. The molecule has 0 aliphatic carbocycles. The lowest BCUT2D eigenvalue weighted by Crippen LogP contribution is -2.04. The quantitative estimate of drug-likeness (QED) is 0.872. The Kier molecular flexibility index (Phi) is 4.16. The molecule has 2 heterocycles. The Morgan fingerprint density at radius 3 is 2.84 bits per heavy atom. The van der Waals surface area contributed by atoms with Gasteiger partial charge in [0.2, 0.25) is 0 Å². The number of esters is 1. The van der Waals surface area contributed by atoms with Gasteiger partial charge < -0.3 is 10.1 Å². The first-order valence-corrected chi connectivity index (χ1v) is 6.76. The Hall–Kier alpha value is -1.88. The number of carbonyl (C=O) groups is 1. The van der Waals surface area contributed by atoms with Crippen molar-refractivity contribution in [3.8, 4) is 0 Å². The number of ether oxygens (including phenoxy) is 1. The Morgan fingerprint density at radius 1 is 1.42 bits per heavy atom. The fraction of sp³-hybridized carbons (Fsp3) is 0.286. The highest BCUT2D eigenvalue weighted by atomic mass is 32.1. The van der Waals surface area contributed by atoms with Crippen molar-refractivity contribution in [2.24, 2.45) is 0 Å². The molecular weight excluding hydrogens is 260 g/mol. The molecule has 0 aromatic carbocycles. The van der Waals surface area contributed by atoms with Crippen molar-refractivity contribution < 1.29 is 9.53 Å². The molecule has 0 bridgehead atoms. The summed E-state index contributed by atoms with van der Waals surface area (Å²) in [6.45, 7) is 4.92. The summed E-state index contributed by atoms with van der Waals surface area (Å²) in [5, 5.41) is 3.21. The topological polar surface area (TPSA) is 51.2 Å². The predicted octanol–water partition coefficient (Wildman–Crippen LogP) is 3.16. The van der Waals surface area contributed by atoms with E-state index in [-0.39, 0.29) is 5.97 Å². The number of aromatic nitrogens is 1. The van der Waals surface area contributed by atoms with Crippen LogP contribution in [-0.2, 0) is 11.3 Å². The van der Waals surface area contributed by atoms with E-state index >= 15 is 0 Å². The number of hydrogen-bond donors (Lipinski definition) is 1. The Bertz CT molecular complexity index is 573. The van der Waals surface area contributed by atoms with Crippen LogP contribution in [0, 0.1) is 13.8 Å². The molecule has 0 saturated heterocycles. The van der Waals surface area contributed by atoms with E-state index in [9.17, 15) is 4.79 Å². The van der Waals surface area contributed by atoms with Crippen LogP contribution in [0.25, 0.3) is 0 Å². The van der Waals surface area contributed by atoms with Crippen LogP contribution in [0.1, 0.15) is 25.7 Å². The van der Waals surface area contributed by atoms with Crippen LogP contribution in [0.2, 0.25) is 0 Å². The van der Waals surface area contributed by atoms with E-state index in [1.807, 2.05) is 0 Å². The molecule has 5 heteroatoms. The van der Waals surface area contributed by atoms with Crippen molar-refractivity contribution >= 4 is 23.1 Å². The molecular formula is C14H16N2O2S. The van der Waals surface area contributed by atoms with E-state index < -0.39 is 0 Å². The van der Waals surface area contributed by atoms with E-state index in [2.05, 4.69) is 35.0 Å². The first-order valence-electron chi connectivity index (χ1n) is 5.94. The van der Waals surface area contributed by atoms with Crippen molar-refractivity contribution in [1.82, 2.24) is 4.98 Å². The number of rotatable bonds is 4. The van der Waals surface area contributed by atoms with Gasteiger partial charge in [-0.3, -0.25) is 0 Å². The number of nitrogens with zero attached hydrogens (tertiary/aromatic N) is 1. The lowest BCUT2D eigenvalue weighted by molar-refractivity contribution is 0.0600. The molecule has 0 amide bonds. The second-order valence-corrected chi connectivity index (χ2v) is 5.57. The molecule has 4 nitrogen and oxygen atoms in total. The average molecular weight is 276 g/mol. The summed E-state index contributed by atoms with van der Waals surface area (Å²) in [6, 6.07) is 5.49. The van der Waals surface area contributed by atoms with Crippen LogP contribution in [-0.4, -0.2) is 18.1 Å². The lowest BCUT2D eigenvalue weighted by atomic mass is 10.2. The molecule has 2 rings (SSSR count). The van der Waals surface area contributed by atoms with Crippen LogP contribution >= 0.6 is 11.3 Å². The fourth-order valence-corrected chi connectivity index (χ4v) is 2.68. The van der Waals surface area contributed by atoms with Gasteiger partial charge in [0.05, 0.1) is 19.2 Å². The number of nitrogens with one attached hydrogen (secondary N) is 1. The molecule has 0 aliphatic heterocycles. The van der Waals surface area contributed by atoms with Gasteiger partial charge in [-0.15, -0.1) is 11.3 Å². The molecule has 19 heavy (non-hydrogen) atoms. The van der Waals surface area contributed by atoms with E-state index in [0.717, 1.165) is 0 Å². The number of anilines is 1. The molecule has 0 radical (unpaired) electrons. The molecule has 0 spiro atoms. The average Bonchev–Trinajstić information content (AvgIpc) is 2.75. The van der Waals surface area contributed by atoms with Crippen molar-refractivity contribution in [2.75, 3.05) is 12.4 Å². The second-order valence-electron chi connectivity index (χ2n) is 4.23. The summed E-state index contributed by atoms with van der Waals surface area (Å²) in [5.74, 6) is 0.319. The second kappa shape index (κ2) is 5.84. The van der Waals surface area contributed by atoms with Crippen LogP contribution in [0.3, 0.4) is 0 Å². The summed E-state index contributed by atoms with van der Waals surface area (Å²) < 4.78 is 4.68. The molecule has 0 atom stereocenters. The predicted molar refractivity (Wildman–Crippen MR) is 76.7 cm³/mol. The standard InChI is InChI=1S/C14H16N2O2S/c1-9-6-12(19-10(9)2)8-16-13-7-11(4-5-15-13)14(17)18-3/h4-7H,8H2,1-3H3,(H,15,16). The zero-order chi connectivity index (χ0) is 13.8. The number of thiophene rings is 1. The smallest absolute Gasteiger partial charge is 0.338 e. The van der Waals surface area contributed by atoms with Gasteiger partial charge in [-0.05, 0) is 37.6 Å². The van der Waals surface area contributed by atoms with Crippen molar-refractivity contribution in [2.45, 2.75) is 20.4 Å². The molecule has 2 aromatic rings.